The van der Waals surface area contributed by atoms with Crippen molar-refractivity contribution >= 4 is 15.5 Å². The number of nitrogens with zero attached hydrogens (tertiary/aromatic N) is 1. The number of sulfone groups is 1. The maximum atomic E-state index is 12.3. The number of likely N-dealkylation sites (N-methyl/N-ethyl adjacent to an activating group) is 1. The van der Waals surface area contributed by atoms with Gasteiger partial charge in [0.1, 0.15) is 0 Å². The van der Waals surface area contributed by atoms with Gasteiger partial charge in [-0.05, 0) is 38.6 Å². The first kappa shape index (κ1) is 18.0. The van der Waals surface area contributed by atoms with Gasteiger partial charge in [0, 0.05) is 12.6 Å². The molecule has 1 rings (SSSR count). The fourth-order valence-electron chi connectivity index (χ4n) is 2.42. The average Bonchev–Trinajstić information content (AvgIpc) is 2.45. The summed E-state index contributed by atoms with van der Waals surface area (Å²) in [6.07, 6.45) is 0.631. The van der Waals surface area contributed by atoms with Crippen LogP contribution in [0.1, 0.15) is 34.1 Å². The molecule has 0 aliphatic carbocycles. The summed E-state index contributed by atoms with van der Waals surface area (Å²) in [6, 6.07) is 7.39. The molecule has 0 aliphatic heterocycles. The molecular weight excluding hydrogens is 284 g/mol. The van der Waals surface area contributed by atoms with Crippen molar-refractivity contribution in [2.45, 2.75) is 45.1 Å². The van der Waals surface area contributed by atoms with Gasteiger partial charge in [0.2, 0.25) is 0 Å². The van der Waals surface area contributed by atoms with E-state index in [2.05, 4.69) is 31.0 Å². The van der Waals surface area contributed by atoms with E-state index in [0.29, 0.717) is 17.0 Å². The molecule has 21 heavy (non-hydrogen) atoms. The second-order valence-corrected chi connectivity index (χ2v) is 7.42. The minimum atomic E-state index is -3.20. The molecule has 0 saturated heterocycles. The van der Waals surface area contributed by atoms with E-state index in [-0.39, 0.29) is 11.8 Å². The Balaban J connectivity index is 2.89. The lowest BCUT2D eigenvalue weighted by molar-refractivity contribution is 0.294. The Morgan fingerprint density at radius 1 is 1.14 bits per heavy atom. The van der Waals surface area contributed by atoms with Crippen LogP contribution in [0.15, 0.2) is 29.2 Å². The van der Waals surface area contributed by atoms with Crippen LogP contribution in [0.5, 0.6) is 0 Å². The summed E-state index contributed by atoms with van der Waals surface area (Å²) in [6.45, 7) is 11.1. The molecule has 0 radical (unpaired) electrons. The van der Waals surface area contributed by atoms with Gasteiger partial charge < -0.3 is 10.2 Å². The molecule has 1 N–H and O–H groups in total. The first-order valence-electron chi connectivity index (χ1n) is 7.75. The minimum Gasteiger partial charge on any atom is -0.380 e. The van der Waals surface area contributed by atoms with Crippen LogP contribution < -0.4 is 5.32 Å². The summed E-state index contributed by atoms with van der Waals surface area (Å²) in [5.74, 6) is 0.191. The molecule has 0 spiro atoms. The minimum absolute atomic E-state index is 0.191. The Morgan fingerprint density at radius 3 is 2.33 bits per heavy atom. The first-order chi connectivity index (χ1) is 9.94. The van der Waals surface area contributed by atoms with Crippen LogP contribution in [0.4, 0.5) is 5.69 Å². The summed E-state index contributed by atoms with van der Waals surface area (Å²) in [5.41, 5.74) is 0.714. The maximum Gasteiger partial charge on any atom is 0.180 e. The molecule has 0 fully saturated rings. The van der Waals surface area contributed by atoms with E-state index in [1.807, 2.05) is 19.1 Å². The predicted octanol–water partition coefficient (Wildman–Crippen LogP) is 3.01. The summed E-state index contributed by atoms with van der Waals surface area (Å²) < 4.78 is 24.6. The quantitative estimate of drug-likeness (QED) is 0.761. The fraction of sp³-hybridized carbons (Fsp3) is 0.625. The number of nitrogens with one attached hydrogen (secondary N) is 1. The van der Waals surface area contributed by atoms with E-state index in [1.54, 1.807) is 12.1 Å². The van der Waals surface area contributed by atoms with Gasteiger partial charge in [-0.2, -0.15) is 0 Å². The van der Waals surface area contributed by atoms with E-state index in [9.17, 15) is 8.42 Å². The van der Waals surface area contributed by atoms with Crippen molar-refractivity contribution < 1.29 is 8.42 Å². The maximum absolute atomic E-state index is 12.3. The van der Waals surface area contributed by atoms with Crippen LogP contribution in [-0.2, 0) is 9.84 Å². The third-order valence-corrected chi connectivity index (χ3v) is 5.50. The van der Waals surface area contributed by atoms with Crippen LogP contribution in [0.25, 0.3) is 0 Å². The van der Waals surface area contributed by atoms with E-state index in [4.69, 9.17) is 0 Å². The Bertz CT molecular complexity index is 525. The molecule has 1 unspecified atom stereocenters. The second kappa shape index (κ2) is 8.39. The lowest BCUT2D eigenvalue weighted by Gasteiger charge is -2.25. The molecule has 1 aromatic carbocycles. The van der Waals surface area contributed by atoms with Crippen LogP contribution in [0, 0.1) is 0 Å². The largest absolute Gasteiger partial charge is 0.380 e. The highest BCUT2D eigenvalue weighted by atomic mass is 32.2. The second-order valence-electron chi connectivity index (χ2n) is 5.35. The number of benzene rings is 1. The summed E-state index contributed by atoms with van der Waals surface area (Å²) >= 11 is 0. The summed E-state index contributed by atoms with van der Waals surface area (Å²) in [4.78, 5) is 2.74. The first-order valence-corrected chi connectivity index (χ1v) is 9.40. The van der Waals surface area contributed by atoms with Crippen LogP contribution in [0.2, 0.25) is 0 Å². The van der Waals surface area contributed by atoms with Gasteiger partial charge in [0.25, 0.3) is 0 Å². The Labute approximate surface area is 129 Å². The number of rotatable bonds is 9. The highest BCUT2D eigenvalue weighted by Gasteiger charge is 2.18. The van der Waals surface area contributed by atoms with Crippen molar-refractivity contribution in [3.8, 4) is 0 Å². The fourth-order valence-corrected chi connectivity index (χ4v) is 3.92. The smallest absolute Gasteiger partial charge is 0.180 e. The van der Waals surface area contributed by atoms with E-state index >= 15 is 0 Å². The standard InChI is InChI=1S/C16H28N2O2S/c1-5-12-21(19,20)16-11-9-8-10-15(16)17-14(4)13-18(6-2)7-3/h8-11,14,17H,5-7,12-13H2,1-4H3. The number of para-hydroxylation sites is 1. The van der Waals surface area contributed by atoms with Crippen molar-refractivity contribution in [2.75, 3.05) is 30.7 Å². The van der Waals surface area contributed by atoms with E-state index in [0.717, 1.165) is 19.6 Å². The molecule has 0 bridgehead atoms. The molecule has 1 atom stereocenters. The van der Waals surface area contributed by atoms with E-state index < -0.39 is 9.84 Å². The lowest BCUT2D eigenvalue weighted by atomic mass is 10.2. The topological polar surface area (TPSA) is 49.4 Å². The molecular formula is C16H28N2O2S. The third-order valence-electron chi connectivity index (χ3n) is 3.52. The number of anilines is 1. The number of hydrogen-bond acceptors (Lipinski definition) is 4. The molecule has 0 aliphatic rings. The van der Waals surface area contributed by atoms with Gasteiger partial charge in [-0.15, -0.1) is 0 Å². The van der Waals surface area contributed by atoms with Crippen LogP contribution in [0.3, 0.4) is 0 Å². The zero-order chi connectivity index (χ0) is 15.9. The normalized spacial score (nSPS) is 13.4. The Morgan fingerprint density at radius 2 is 1.76 bits per heavy atom. The summed E-state index contributed by atoms with van der Waals surface area (Å²) in [7, 11) is -3.20. The molecule has 5 heteroatoms. The average molecular weight is 312 g/mol. The zero-order valence-corrected chi connectivity index (χ0v) is 14.4. The Kier molecular flexibility index (Phi) is 7.18. The van der Waals surface area contributed by atoms with Gasteiger partial charge in [-0.3, -0.25) is 0 Å². The SMILES string of the molecule is CCCS(=O)(=O)c1ccccc1NC(C)CN(CC)CC. The lowest BCUT2D eigenvalue weighted by Crippen LogP contribution is -2.35. The predicted molar refractivity (Wildman–Crippen MR) is 89.7 cm³/mol. The highest BCUT2D eigenvalue weighted by Crippen LogP contribution is 2.23. The third kappa shape index (κ3) is 5.32. The van der Waals surface area contributed by atoms with Crippen LogP contribution >= 0.6 is 0 Å². The molecule has 120 valence electrons. The van der Waals surface area contributed by atoms with Crippen molar-refractivity contribution in [1.82, 2.24) is 4.90 Å². The molecule has 0 heterocycles. The molecule has 4 nitrogen and oxygen atoms in total. The summed E-state index contributed by atoms with van der Waals surface area (Å²) in [5, 5.41) is 3.35. The van der Waals surface area contributed by atoms with Gasteiger partial charge >= 0.3 is 0 Å². The van der Waals surface area contributed by atoms with Crippen molar-refractivity contribution in [3.05, 3.63) is 24.3 Å². The van der Waals surface area contributed by atoms with Crippen molar-refractivity contribution in [1.29, 1.82) is 0 Å². The van der Waals surface area contributed by atoms with Crippen LogP contribution in [-0.4, -0.2) is 44.7 Å². The van der Waals surface area contributed by atoms with Gasteiger partial charge in [0.15, 0.2) is 9.84 Å². The number of hydrogen-bond donors (Lipinski definition) is 1. The molecule has 1 aromatic rings. The Hall–Kier alpha value is -1.07. The van der Waals surface area contributed by atoms with Gasteiger partial charge in [-0.25, -0.2) is 8.42 Å². The molecule has 0 amide bonds. The molecule has 0 aromatic heterocycles. The highest BCUT2D eigenvalue weighted by molar-refractivity contribution is 7.91. The zero-order valence-electron chi connectivity index (χ0n) is 13.6. The van der Waals surface area contributed by atoms with Crippen molar-refractivity contribution in [3.63, 3.8) is 0 Å². The molecule has 0 saturated carbocycles. The van der Waals surface area contributed by atoms with Gasteiger partial charge in [0.05, 0.1) is 16.3 Å². The van der Waals surface area contributed by atoms with E-state index in [1.165, 1.54) is 0 Å². The van der Waals surface area contributed by atoms with Crippen molar-refractivity contribution in [2.24, 2.45) is 0 Å². The monoisotopic (exact) mass is 312 g/mol. The van der Waals surface area contributed by atoms with Gasteiger partial charge in [-0.1, -0.05) is 32.9 Å².